The Morgan fingerprint density at radius 2 is 1.80 bits per heavy atom. The van der Waals surface area contributed by atoms with Crippen LogP contribution in [0.15, 0.2) is 10.5 Å². The van der Waals surface area contributed by atoms with Crippen molar-refractivity contribution < 1.29 is 14.7 Å². The van der Waals surface area contributed by atoms with E-state index in [1.165, 1.54) is 7.11 Å². The number of carbonyl (C=O) groups excluding carboxylic acids is 1. The molecule has 1 heterocycles. The first kappa shape index (κ1) is 12.5. The maximum absolute atomic E-state index is 11.6. The number of esters is 1. The van der Waals surface area contributed by atoms with E-state index in [1.807, 2.05) is 0 Å². The molecule has 0 aromatic heterocycles. The Kier molecular flexibility index (Phi) is 2.93. The zero-order valence-electron chi connectivity index (χ0n) is 9.66. The number of thiol groups is 1. The lowest BCUT2D eigenvalue weighted by Gasteiger charge is -2.35. The lowest BCUT2D eigenvalue weighted by Crippen LogP contribution is -2.49. The van der Waals surface area contributed by atoms with Gasteiger partial charge in [-0.05, 0) is 27.7 Å². The fourth-order valence-electron chi connectivity index (χ4n) is 1.95. The van der Waals surface area contributed by atoms with Crippen molar-refractivity contribution in [2.45, 2.75) is 38.8 Å². The van der Waals surface area contributed by atoms with Gasteiger partial charge in [-0.25, -0.2) is 4.79 Å². The molecule has 0 saturated heterocycles. The van der Waals surface area contributed by atoms with Crippen LogP contribution in [0.3, 0.4) is 0 Å². The highest BCUT2D eigenvalue weighted by molar-refractivity contribution is 7.84. The summed E-state index contributed by atoms with van der Waals surface area (Å²) in [6.07, 6.45) is 0. The van der Waals surface area contributed by atoms with E-state index in [9.17, 15) is 10.0 Å². The van der Waals surface area contributed by atoms with Gasteiger partial charge in [0.05, 0.1) is 23.8 Å². The molecule has 0 aliphatic carbocycles. The number of hydrogen-bond donors (Lipinski definition) is 2. The molecule has 1 N–H and O–H groups in total. The van der Waals surface area contributed by atoms with E-state index in [0.29, 0.717) is 10.5 Å². The molecular formula is C10H17NO3S. The topological polar surface area (TPSA) is 49.8 Å². The summed E-state index contributed by atoms with van der Waals surface area (Å²) in [5.41, 5.74) is -1.05. The predicted molar refractivity (Wildman–Crippen MR) is 59.8 cm³/mol. The van der Waals surface area contributed by atoms with Crippen LogP contribution in [0.2, 0.25) is 0 Å². The largest absolute Gasteiger partial charge is 0.466 e. The molecular weight excluding hydrogens is 214 g/mol. The van der Waals surface area contributed by atoms with Gasteiger partial charge in [-0.15, -0.1) is 12.6 Å². The van der Waals surface area contributed by atoms with Crippen LogP contribution in [0.4, 0.5) is 0 Å². The number of carbonyl (C=O) groups is 1. The first-order valence-electron chi connectivity index (χ1n) is 4.69. The van der Waals surface area contributed by atoms with Gasteiger partial charge in [0.2, 0.25) is 0 Å². The second-order valence-corrected chi connectivity index (χ2v) is 5.09. The molecule has 0 unspecified atom stereocenters. The van der Waals surface area contributed by atoms with Crippen LogP contribution in [0.25, 0.3) is 0 Å². The zero-order chi connectivity index (χ0) is 12.0. The Morgan fingerprint density at radius 3 is 2.07 bits per heavy atom. The predicted octanol–water partition coefficient (Wildman–Crippen LogP) is 1.61. The smallest absolute Gasteiger partial charge is 0.336 e. The standard InChI is InChI=1S/C10H17NO3S/c1-9(2)6(8(12)14-5)7(15)10(3,4)11(9)13/h13,15H,1-5H3. The lowest BCUT2D eigenvalue weighted by molar-refractivity contribution is -0.187. The van der Waals surface area contributed by atoms with Crippen LogP contribution in [0.1, 0.15) is 27.7 Å². The van der Waals surface area contributed by atoms with Crippen molar-refractivity contribution in [3.05, 3.63) is 10.5 Å². The molecule has 0 saturated carbocycles. The number of hydroxylamine groups is 2. The summed E-state index contributed by atoms with van der Waals surface area (Å²) in [5, 5.41) is 11.1. The zero-order valence-corrected chi connectivity index (χ0v) is 10.6. The summed E-state index contributed by atoms with van der Waals surface area (Å²) in [6.45, 7) is 7.11. The molecule has 0 aromatic rings. The van der Waals surface area contributed by atoms with Crippen LogP contribution in [-0.2, 0) is 9.53 Å². The molecule has 0 radical (unpaired) electrons. The molecule has 0 fully saturated rings. The third-order valence-electron chi connectivity index (χ3n) is 2.88. The molecule has 0 bridgehead atoms. The van der Waals surface area contributed by atoms with Gasteiger partial charge in [0.15, 0.2) is 0 Å². The van der Waals surface area contributed by atoms with Crippen LogP contribution >= 0.6 is 12.6 Å². The quantitative estimate of drug-likeness (QED) is 0.531. The highest BCUT2D eigenvalue weighted by atomic mass is 32.1. The Balaban J connectivity index is 3.33. The van der Waals surface area contributed by atoms with Gasteiger partial charge in [-0.2, -0.15) is 5.06 Å². The van der Waals surface area contributed by atoms with Gasteiger partial charge in [-0.3, -0.25) is 0 Å². The van der Waals surface area contributed by atoms with Gasteiger partial charge >= 0.3 is 5.97 Å². The Morgan fingerprint density at radius 1 is 1.33 bits per heavy atom. The average Bonchev–Trinajstić information content (AvgIpc) is 2.25. The highest BCUT2D eigenvalue weighted by Crippen LogP contribution is 2.45. The van der Waals surface area contributed by atoms with Crippen molar-refractivity contribution in [3.8, 4) is 0 Å². The highest BCUT2D eigenvalue weighted by Gasteiger charge is 2.52. The molecule has 0 atom stereocenters. The number of ether oxygens (including phenoxy) is 1. The molecule has 15 heavy (non-hydrogen) atoms. The SMILES string of the molecule is COC(=O)C1=C(S)C(C)(C)N(O)C1(C)C. The number of hydrogen-bond acceptors (Lipinski definition) is 5. The monoisotopic (exact) mass is 231 g/mol. The summed E-state index contributed by atoms with van der Waals surface area (Å²) >= 11 is 4.31. The molecule has 1 aliphatic heterocycles. The third kappa shape index (κ3) is 1.58. The molecule has 0 aromatic carbocycles. The van der Waals surface area contributed by atoms with E-state index < -0.39 is 17.0 Å². The molecule has 86 valence electrons. The van der Waals surface area contributed by atoms with E-state index in [-0.39, 0.29) is 0 Å². The summed E-state index contributed by atoms with van der Waals surface area (Å²) in [4.78, 5) is 12.2. The van der Waals surface area contributed by atoms with Crippen molar-refractivity contribution in [3.63, 3.8) is 0 Å². The van der Waals surface area contributed by atoms with Crippen molar-refractivity contribution >= 4 is 18.6 Å². The Labute approximate surface area is 95.3 Å². The van der Waals surface area contributed by atoms with Gasteiger partial charge in [0, 0.05) is 4.91 Å². The van der Waals surface area contributed by atoms with E-state index in [1.54, 1.807) is 27.7 Å². The van der Waals surface area contributed by atoms with Crippen LogP contribution in [0.5, 0.6) is 0 Å². The summed E-state index contributed by atoms with van der Waals surface area (Å²) in [6, 6.07) is 0. The minimum absolute atomic E-state index is 0.404. The van der Waals surface area contributed by atoms with E-state index in [0.717, 1.165) is 5.06 Å². The van der Waals surface area contributed by atoms with Crippen LogP contribution < -0.4 is 0 Å². The number of methoxy groups -OCH3 is 1. The van der Waals surface area contributed by atoms with Gasteiger partial charge in [0.25, 0.3) is 0 Å². The molecule has 5 heteroatoms. The van der Waals surface area contributed by atoms with Crippen LogP contribution in [-0.4, -0.2) is 34.4 Å². The van der Waals surface area contributed by atoms with Gasteiger partial charge in [-0.1, -0.05) is 0 Å². The molecule has 4 nitrogen and oxygen atoms in total. The van der Waals surface area contributed by atoms with E-state index in [2.05, 4.69) is 12.6 Å². The van der Waals surface area contributed by atoms with Gasteiger partial charge < -0.3 is 9.94 Å². The molecule has 1 aliphatic rings. The van der Waals surface area contributed by atoms with E-state index >= 15 is 0 Å². The Bertz CT molecular complexity index is 334. The van der Waals surface area contributed by atoms with Crippen molar-refractivity contribution in [1.82, 2.24) is 5.06 Å². The fraction of sp³-hybridized carbons (Fsp3) is 0.700. The number of rotatable bonds is 1. The fourth-order valence-corrected chi connectivity index (χ4v) is 2.41. The van der Waals surface area contributed by atoms with Crippen molar-refractivity contribution in [1.29, 1.82) is 0 Å². The summed E-state index contributed by atoms with van der Waals surface area (Å²) < 4.78 is 4.70. The minimum Gasteiger partial charge on any atom is -0.466 e. The third-order valence-corrected chi connectivity index (χ3v) is 3.65. The van der Waals surface area contributed by atoms with Gasteiger partial charge in [0.1, 0.15) is 0 Å². The first-order chi connectivity index (χ1) is 6.67. The normalized spacial score (nSPS) is 24.5. The van der Waals surface area contributed by atoms with Crippen LogP contribution in [0, 0.1) is 0 Å². The van der Waals surface area contributed by atoms with Crippen molar-refractivity contribution in [2.75, 3.05) is 7.11 Å². The molecule has 1 rings (SSSR count). The van der Waals surface area contributed by atoms with E-state index in [4.69, 9.17) is 4.74 Å². The molecule has 0 spiro atoms. The average molecular weight is 231 g/mol. The van der Waals surface area contributed by atoms with Crippen molar-refractivity contribution in [2.24, 2.45) is 0 Å². The Hall–Kier alpha value is -0.520. The first-order valence-corrected chi connectivity index (χ1v) is 5.13. The second-order valence-electron chi connectivity index (χ2n) is 4.65. The maximum atomic E-state index is 11.6. The second kappa shape index (κ2) is 3.50. The lowest BCUT2D eigenvalue weighted by atomic mass is 9.97. The summed E-state index contributed by atoms with van der Waals surface area (Å²) in [5.74, 6) is -0.449. The summed E-state index contributed by atoms with van der Waals surface area (Å²) in [7, 11) is 1.32. The molecule has 0 amide bonds. The minimum atomic E-state index is -0.784. The maximum Gasteiger partial charge on any atom is 0.336 e. The number of nitrogens with zero attached hydrogens (tertiary/aromatic N) is 1.